The molecule has 14 heavy (non-hydrogen) atoms. The van der Waals surface area contributed by atoms with Gasteiger partial charge >= 0.3 is 0 Å². The summed E-state index contributed by atoms with van der Waals surface area (Å²) < 4.78 is 0. The number of nitrogens with zero attached hydrogens (tertiary/aromatic N) is 1. The molecule has 0 radical (unpaired) electrons. The van der Waals surface area contributed by atoms with Gasteiger partial charge in [-0.25, -0.2) is 0 Å². The van der Waals surface area contributed by atoms with Crippen molar-refractivity contribution >= 4 is 0 Å². The highest BCUT2D eigenvalue weighted by Gasteiger charge is 2.18. The van der Waals surface area contributed by atoms with Gasteiger partial charge in [0.05, 0.1) is 6.61 Å². The molecule has 0 aromatic carbocycles. The number of piperidine rings is 1. The second-order valence-electron chi connectivity index (χ2n) is 4.60. The molecule has 1 rings (SSSR count). The summed E-state index contributed by atoms with van der Waals surface area (Å²) in [6.45, 7) is 8.96. The number of aliphatic hydroxyl groups is 1. The van der Waals surface area contributed by atoms with Gasteiger partial charge in [0.25, 0.3) is 0 Å². The van der Waals surface area contributed by atoms with Crippen LogP contribution in [0.25, 0.3) is 0 Å². The predicted octanol–water partition coefficient (Wildman–Crippen LogP) is 0.689. The molecular formula is C11H24N2O. The van der Waals surface area contributed by atoms with Crippen LogP contribution in [0.4, 0.5) is 0 Å². The first-order chi connectivity index (χ1) is 6.72. The second-order valence-corrected chi connectivity index (χ2v) is 4.60. The fraction of sp³-hybridized carbons (Fsp3) is 1.00. The zero-order chi connectivity index (χ0) is 10.4. The lowest BCUT2D eigenvalue weighted by Gasteiger charge is -2.32. The lowest BCUT2D eigenvalue weighted by molar-refractivity contribution is 0.138. The fourth-order valence-corrected chi connectivity index (χ4v) is 2.06. The molecule has 0 amide bonds. The molecule has 3 nitrogen and oxygen atoms in total. The van der Waals surface area contributed by atoms with Gasteiger partial charge in [-0.05, 0) is 31.8 Å². The van der Waals surface area contributed by atoms with Crippen molar-refractivity contribution in [2.75, 3.05) is 32.8 Å². The van der Waals surface area contributed by atoms with Gasteiger partial charge < -0.3 is 15.3 Å². The SMILES string of the molecule is CC(C)NCC1CCCN(CCO)C1. The second kappa shape index (κ2) is 6.38. The van der Waals surface area contributed by atoms with Crippen LogP contribution in [0.1, 0.15) is 26.7 Å². The van der Waals surface area contributed by atoms with E-state index in [1.54, 1.807) is 0 Å². The zero-order valence-corrected chi connectivity index (χ0v) is 9.50. The zero-order valence-electron chi connectivity index (χ0n) is 9.50. The van der Waals surface area contributed by atoms with Crippen molar-refractivity contribution in [1.29, 1.82) is 0 Å². The highest BCUT2D eigenvalue weighted by molar-refractivity contribution is 4.74. The van der Waals surface area contributed by atoms with E-state index in [2.05, 4.69) is 24.1 Å². The van der Waals surface area contributed by atoms with Crippen molar-refractivity contribution < 1.29 is 5.11 Å². The van der Waals surface area contributed by atoms with Crippen LogP contribution in [-0.2, 0) is 0 Å². The van der Waals surface area contributed by atoms with Gasteiger partial charge in [0, 0.05) is 19.1 Å². The lowest BCUT2D eigenvalue weighted by Crippen LogP contribution is -2.41. The minimum Gasteiger partial charge on any atom is -0.395 e. The van der Waals surface area contributed by atoms with Crippen molar-refractivity contribution in [3.63, 3.8) is 0 Å². The van der Waals surface area contributed by atoms with E-state index < -0.39 is 0 Å². The largest absolute Gasteiger partial charge is 0.395 e. The summed E-state index contributed by atoms with van der Waals surface area (Å²) in [5.74, 6) is 0.776. The molecule has 1 aliphatic rings. The molecule has 1 fully saturated rings. The Bertz CT molecular complexity index is 148. The van der Waals surface area contributed by atoms with E-state index in [1.165, 1.54) is 19.4 Å². The number of nitrogens with one attached hydrogen (secondary N) is 1. The summed E-state index contributed by atoms with van der Waals surface area (Å²) in [5.41, 5.74) is 0. The first-order valence-corrected chi connectivity index (χ1v) is 5.79. The van der Waals surface area contributed by atoms with Crippen LogP contribution in [0.2, 0.25) is 0 Å². The van der Waals surface area contributed by atoms with Gasteiger partial charge in [-0.2, -0.15) is 0 Å². The van der Waals surface area contributed by atoms with Crippen LogP contribution < -0.4 is 5.32 Å². The quantitative estimate of drug-likeness (QED) is 0.685. The van der Waals surface area contributed by atoms with Gasteiger partial charge in [0.1, 0.15) is 0 Å². The van der Waals surface area contributed by atoms with Crippen LogP contribution in [0.15, 0.2) is 0 Å². The Morgan fingerprint density at radius 1 is 1.50 bits per heavy atom. The number of likely N-dealkylation sites (tertiary alicyclic amines) is 1. The molecule has 84 valence electrons. The topological polar surface area (TPSA) is 35.5 Å². The van der Waals surface area contributed by atoms with Crippen LogP contribution in [-0.4, -0.2) is 48.8 Å². The number of β-amino-alcohol motifs (C(OH)–C–C–N with tert-alkyl or cyclic N) is 1. The molecule has 0 bridgehead atoms. The van der Waals surface area contributed by atoms with Gasteiger partial charge in [-0.3, -0.25) is 0 Å². The Balaban J connectivity index is 2.18. The first kappa shape index (κ1) is 12.0. The number of hydrogen-bond acceptors (Lipinski definition) is 3. The molecule has 1 atom stereocenters. The summed E-state index contributed by atoms with van der Waals surface area (Å²) in [6.07, 6.45) is 2.62. The average Bonchev–Trinajstić information content (AvgIpc) is 2.16. The van der Waals surface area contributed by atoms with Gasteiger partial charge in [-0.15, -0.1) is 0 Å². The molecule has 0 aromatic rings. The molecule has 1 unspecified atom stereocenters. The maximum atomic E-state index is 8.87. The molecule has 3 heteroatoms. The van der Waals surface area contributed by atoms with E-state index in [0.717, 1.165) is 25.6 Å². The number of rotatable bonds is 5. The van der Waals surface area contributed by atoms with E-state index in [0.29, 0.717) is 12.6 Å². The first-order valence-electron chi connectivity index (χ1n) is 5.79. The monoisotopic (exact) mass is 200 g/mol. The standard InChI is InChI=1S/C11H24N2O/c1-10(2)12-8-11-4-3-5-13(9-11)6-7-14/h10-12,14H,3-9H2,1-2H3. The fourth-order valence-electron chi connectivity index (χ4n) is 2.06. The maximum Gasteiger partial charge on any atom is 0.0558 e. The molecule has 1 heterocycles. The van der Waals surface area contributed by atoms with Gasteiger partial charge in [0.15, 0.2) is 0 Å². The van der Waals surface area contributed by atoms with Gasteiger partial charge in [-0.1, -0.05) is 13.8 Å². The van der Waals surface area contributed by atoms with Crippen LogP contribution in [0.3, 0.4) is 0 Å². The van der Waals surface area contributed by atoms with E-state index in [-0.39, 0.29) is 0 Å². The summed E-state index contributed by atoms with van der Waals surface area (Å²) in [4.78, 5) is 2.37. The summed E-state index contributed by atoms with van der Waals surface area (Å²) in [5, 5.41) is 12.4. The smallest absolute Gasteiger partial charge is 0.0558 e. The van der Waals surface area contributed by atoms with Crippen molar-refractivity contribution in [3.05, 3.63) is 0 Å². The number of hydrogen-bond donors (Lipinski definition) is 2. The molecule has 1 aliphatic heterocycles. The Labute approximate surface area is 87.5 Å². The molecular weight excluding hydrogens is 176 g/mol. The van der Waals surface area contributed by atoms with Crippen LogP contribution in [0.5, 0.6) is 0 Å². The third kappa shape index (κ3) is 4.40. The van der Waals surface area contributed by atoms with E-state index in [4.69, 9.17) is 5.11 Å². The Morgan fingerprint density at radius 3 is 2.93 bits per heavy atom. The van der Waals surface area contributed by atoms with Crippen molar-refractivity contribution in [2.45, 2.75) is 32.7 Å². The molecule has 1 saturated heterocycles. The predicted molar refractivity (Wildman–Crippen MR) is 59.4 cm³/mol. The lowest BCUT2D eigenvalue weighted by atomic mass is 9.98. The molecule has 0 spiro atoms. The maximum absolute atomic E-state index is 8.87. The minimum atomic E-state index is 0.296. The summed E-state index contributed by atoms with van der Waals surface area (Å²) in [6, 6.07) is 0.586. The molecule has 0 aromatic heterocycles. The molecule has 0 saturated carbocycles. The van der Waals surface area contributed by atoms with E-state index >= 15 is 0 Å². The highest BCUT2D eigenvalue weighted by Crippen LogP contribution is 2.15. The normalized spacial score (nSPS) is 24.4. The summed E-state index contributed by atoms with van der Waals surface area (Å²) >= 11 is 0. The average molecular weight is 200 g/mol. The van der Waals surface area contributed by atoms with Gasteiger partial charge in [0.2, 0.25) is 0 Å². The molecule has 2 N–H and O–H groups in total. The van der Waals surface area contributed by atoms with Crippen molar-refractivity contribution in [2.24, 2.45) is 5.92 Å². The Kier molecular flexibility index (Phi) is 5.45. The third-order valence-corrected chi connectivity index (χ3v) is 2.83. The minimum absolute atomic E-state index is 0.296. The third-order valence-electron chi connectivity index (χ3n) is 2.83. The van der Waals surface area contributed by atoms with E-state index in [1.807, 2.05) is 0 Å². The number of aliphatic hydroxyl groups excluding tert-OH is 1. The van der Waals surface area contributed by atoms with Crippen LogP contribution in [0, 0.1) is 5.92 Å². The van der Waals surface area contributed by atoms with Crippen molar-refractivity contribution in [3.8, 4) is 0 Å². The van der Waals surface area contributed by atoms with Crippen molar-refractivity contribution in [1.82, 2.24) is 10.2 Å². The Hall–Kier alpha value is -0.120. The Morgan fingerprint density at radius 2 is 2.29 bits per heavy atom. The van der Waals surface area contributed by atoms with Crippen LogP contribution >= 0.6 is 0 Å². The summed E-state index contributed by atoms with van der Waals surface area (Å²) in [7, 11) is 0. The van der Waals surface area contributed by atoms with E-state index in [9.17, 15) is 0 Å². The molecule has 0 aliphatic carbocycles. The highest BCUT2D eigenvalue weighted by atomic mass is 16.3.